The molecule has 0 aromatic rings. The minimum Gasteiger partial charge on any atom is -0.309 e. The van der Waals surface area contributed by atoms with E-state index in [1.54, 1.807) is 0 Å². The van der Waals surface area contributed by atoms with Gasteiger partial charge in [-0.25, -0.2) is 0 Å². The maximum absolute atomic E-state index is 2.54. The van der Waals surface area contributed by atoms with Crippen LogP contribution in [-0.4, -0.2) is 48.4 Å². The van der Waals surface area contributed by atoms with Crippen LogP contribution in [0.4, 0.5) is 0 Å². The molecule has 0 saturated heterocycles. The molecule has 0 rings (SSSR count). The summed E-state index contributed by atoms with van der Waals surface area (Å²) in [6, 6.07) is 27.2. The molecule has 0 aliphatic carbocycles. The molecule has 0 amide bonds. The Hall–Kier alpha value is 2.89. The summed E-state index contributed by atoms with van der Waals surface area (Å²) in [4.78, 5) is 4.75. The maximum Gasteiger partial charge on any atom is 2.00 e. The summed E-state index contributed by atoms with van der Waals surface area (Å²) >= 11 is 0. The van der Waals surface area contributed by atoms with E-state index in [1.165, 1.54) is 109 Å². The van der Waals surface area contributed by atoms with Crippen LogP contribution in [0.5, 0.6) is 0 Å². The smallest absolute Gasteiger partial charge is 0.309 e. The van der Waals surface area contributed by atoms with E-state index in [0.717, 1.165) is 0 Å². The molecule has 0 bridgehead atoms. The second-order valence-corrected chi connectivity index (χ2v) is 48.9. The molecule has 0 N–H and O–H groups in total. The standard InChI is InChI=1S/2C19H45Si3.Eu/c2*1-10-20(11-2,12-3)19(21(13-4,14-5)15-6)22(16-7,17-8)18-9;/h2*10-18H2,1-9H3;/q2*-1;+2. The van der Waals surface area contributed by atoms with Crippen LogP contribution in [0.2, 0.25) is 109 Å². The van der Waals surface area contributed by atoms with Crippen molar-refractivity contribution in [1.29, 1.82) is 0 Å². The van der Waals surface area contributed by atoms with Crippen molar-refractivity contribution in [3.05, 3.63) is 9.58 Å². The van der Waals surface area contributed by atoms with E-state index in [-0.39, 0.29) is 49.4 Å². The molecule has 0 atom stereocenters. The first-order chi connectivity index (χ1) is 20.8. The van der Waals surface area contributed by atoms with Crippen LogP contribution in [0.3, 0.4) is 0 Å². The van der Waals surface area contributed by atoms with Crippen LogP contribution in [-0.2, 0) is 0 Å². The van der Waals surface area contributed by atoms with Gasteiger partial charge in [0, 0.05) is 0 Å². The SMILES string of the molecule is CC[Si](CC)(CC)[C-]([Si](CC)(CC)CC)[Si](CC)(CC)CC.CC[Si](CC)(CC)[C-]([Si](CC)(CC)CC)[Si](CC)(CC)CC.[Eu+2]. The summed E-state index contributed by atoms with van der Waals surface area (Å²) in [5.74, 6) is 0. The minimum atomic E-state index is -1.20. The fourth-order valence-electron chi connectivity index (χ4n) is 11.1. The number of hydrogen-bond donors (Lipinski definition) is 0. The molecule has 0 aromatic carbocycles. The van der Waals surface area contributed by atoms with Gasteiger partial charge in [0.25, 0.3) is 0 Å². The van der Waals surface area contributed by atoms with Crippen LogP contribution >= 0.6 is 0 Å². The van der Waals surface area contributed by atoms with E-state index in [4.69, 9.17) is 0 Å². The topological polar surface area (TPSA) is 0 Å². The Balaban J connectivity index is -0.000000767. The van der Waals surface area contributed by atoms with Gasteiger partial charge in [-0.15, -0.1) is 0 Å². The van der Waals surface area contributed by atoms with Crippen molar-refractivity contribution in [1.82, 2.24) is 0 Å². The van der Waals surface area contributed by atoms with Gasteiger partial charge in [-0.3, -0.25) is 0 Å². The molecule has 0 saturated carbocycles. The molecule has 273 valence electrons. The third kappa shape index (κ3) is 10.9. The van der Waals surface area contributed by atoms with E-state index < -0.39 is 48.4 Å². The van der Waals surface area contributed by atoms with Crippen LogP contribution in [0.15, 0.2) is 0 Å². The predicted octanol–water partition coefficient (Wildman–Crippen LogP) is 15.4. The zero-order valence-corrected chi connectivity index (χ0v) is 43.5. The Bertz CT molecular complexity index is 500. The molecule has 0 spiro atoms. The van der Waals surface area contributed by atoms with Crippen molar-refractivity contribution in [2.45, 2.75) is 233 Å². The summed E-state index contributed by atoms with van der Waals surface area (Å²) in [5, 5.41) is 0. The first-order valence-electron chi connectivity index (χ1n) is 20.6. The Morgan fingerprint density at radius 3 is 0.311 bits per heavy atom. The molecule has 0 fully saturated rings. The quantitative estimate of drug-likeness (QED) is 0.0670. The van der Waals surface area contributed by atoms with Crippen molar-refractivity contribution in [3.8, 4) is 0 Å². The van der Waals surface area contributed by atoms with Crippen LogP contribution in [0.25, 0.3) is 0 Å². The Labute approximate surface area is 337 Å². The van der Waals surface area contributed by atoms with Crippen molar-refractivity contribution in [2.75, 3.05) is 0 Å². The first kappa shape index (κ1) is 52.2. The first-order valence-corrected chi connectivity index (χ1v) is 36.3. The fraction of sp³-hybridized carbons (Fsp3) is 0.947. The van der Waals surface area contributed by atoms with E-state index >= 15 is 0 Å². The van der Waals surface area contributed by atoms with Crippen molar-refractivity contribution >= 4 is 48.4 Å². The van der Waals surface area contributed by atoms with Gasteiger partial charge in [-0.2, -0.15) is 0 Å². The van der Waals surface area contributed by atoms with Crippen molar-refractivity contribution in [3.63, 3.8) is 0 Å². The molecule has 7 heteroatoms. The third-order valence-corrected chi connectivity index (χ3v) is 65.2. The Kier molecular flexibility index (Phi) is 29.0. The molecular weight excluding hydrogens is 777 g/mol. The summed E-state index contributed by atoms with van der Waals surface area (Å²) in [7, 11) is -7.22. The van der Waals surface area contributed by atoms with Crippen LogP contribution in [0, 0.1) is 59.0 Å². The largest absolute Gasteiger partial charge is 2.00 e. The van der Waals surface area contributed by atoms with Crippen molar-refractivity contribution in [2.24, 2.45) is 0 Å². The van der Waals surface area contributed by atoms with Crippen LogP contribution < -0.4 is 0 Å². The second-order valence-electron chi connectivity index (χ2n) is 14.8. The second kappa shape index (κ2) is 25.0. The van der Waals surface area contributed by atoms with Crippen LogP contribution in [0.1, 0.15) is 125 Å². The van der Waals surface area contributed by atoms with Gasteiger partial charge in [0.05, 0.1) is 0 Å². The van der Waals surface area contributed by atoms with Gasteiger partial charge in [0.1, 0.15) is 0 Å². The van der Waals surface area contributed by atoms with E-state index in [9.17, 15) is 0 Å². The Morgan fingerprint density at radius 1 is 0.200 bits per heavy atom. The van der Waals surface area contributed by atoms with Crippen molar-refractivity contribution < 1.29 is 49.4 Å². The zero-order chi connectivity index (χ0) is 34.9. The van der Waals surface area contributed by atoms with E-state index in [2.05, 4.69) is 134 Å². The minimum absolute atomic E-state index is 0. The molecule has 0 nitrogen and oxygen atoms in total. The zero-order valence-electron chi connectivity index (χ0n) is 35.1. The molecule has 45 heavy (non-hydrogen) atoms. The molecule has 0 aliphatic rings. The van der Waals surface area contributed by atoms with Gasteiger partial charge in [-0.05, 0) is 0 Å². The van der Waals surface area contributed by atoms with Gasteiger partial charge in [0.15, 0.2) is 0 Å². The third-order valence-electron chi connectivity index (χ3n) is 15.4. The van der Waals surface area contributed by atoms with Gasteiger partial charge >= 0.3 is 49.4 Å². The fourth-order valence-corrected chi connectivity index (χ4v) is 72.5. The summed E-state index contributed by atoms with van der Waals surface area (Å²) in [6.07, 6.45) is 0. The molecule has 0 aliphatic heterocycles. The summed E-state index contributed by atoms with van der Waals surface area (Å²) < 4.78 is 0. The molecule has 0 aromatic heterocycles. The molecular formula is C38H90EuSi6. The monoisotopic (exact) mass is 867 g/mol. The average Bonchev–Trinajstić information content (AvgIpc) is 3.10. The molecule has 0 heterocycles. The summed E-state index contributed by atoms with van der Waals surface area (Å²) in [5.41, 5.74) is 0. The van der Waals surface area contributed by atoms with Gasteiger partial charge in [0.2, 0.25) is 0 Å². The average molecular weight is 868 g/mol. The molecule has 0 unspecified atom stereocenters. The summed E-state index contributed by atoms with van der Waals surface area (Å²) in [6.45, 7) is 45.7. The van der Waals surface area contributed by atoms with Gasteiger partial charge in [-0.1, -0.05) is 282 Å². The Morgan fingerprint density at radius 2 is 0.267 bits per heavy atom. The normalized spacial score (nSPS) is 13.6. The maximum atomic E-state index is 2.54. The van der Waals surface area contributed by atoms with E-state index in [1.807, 2.05) is 0 Å². The van der Waals surface area contributed by atoms with E-state index in [0.29, 0.717) is 0 Å². The number of rotatable bonds is 24. The predicted molar refractivity (Wildman–Crippen MR) is 230 cm³/mol. The number of hydrogen-bond acceptors (Lipinski definition) is 0. The molecule has 1 radical (unpaired) electrons. The van der Waals surface area contributed by atoms with Gasteiger partial charge < -0.3 is 9.58 Å².